The van der Waals surface area contributed by atoms with Gasteiger partial charge in [-0.25, -0.2) is 0 Å². The van der Waals surface area contributed by atoms with E-state index < -0.39 is 0 Å². The Morgan fingerprint density at radius 3 is 2.88 bits per heavy atom. The molecule has 3 rings (SSSR count). The van der Waals surface area contributed by atoms with Crippen molar-refractivity contribution in [2.24, 2.45) is 11.0 Å². The number of pyridine rings is 1. The van der Waals surface area contributed by atoms with E-state index in [1.165, 1.54) is 17.9 Å². The summed E-state index contributed by atoms with van der Waals surface area (Å²) < 4.78 is 0.855. The van der Waals surface area contributed by atoms with E-state index in [1.54, 1.807) is 12.4 Å². The Kier molecular flexibility index (Phi) is 2.28. The van der Waals surface area contributed by atoms with Gasteiger partial charge in [0.05, 0.1) is 24.0 Å². The van der Waals surface area contributed by atoms with Crippen molar-refractivity contribution in [1.29, 1.82) is 0 Å². The van der Waals surface area contributed by atoms with Crippen molar-refractivity contribution < 1.29 is 4.79 Å². The lowest BCUT2D eigenvalue weighted by molar-refractivity contribution is -0.116. The maximum absolute atomic E-state index is 11.8. The Morgan fingerprint density at radius 1 is 1.38 bits per heavy atom. The quantitative estimate of drug-likeness (QED) is 0.834. The maximum atomic E-state index is 11.8. The minimum atomic E-state index is 0.0433. The van der Waals surface area contributed by atoms with Gasteiger partial charge in [-0.15, -0.1) is 0 Å². The number of carbonyl (C=O) groups excluding carboxylic acids is 1. The lowest BCUT2D eigenvalue weighted by Gasteiger charge is -2.10. The molecular weight excluding hydrogens is 270 g/mol. The summed E-state index contributed by atoms with van der Waals surface area (Å²) >= 11 is 3.34. The second kappa shape index (κ2) is 3.66. The van der Waals surface area contributed by atoms with Crippen molar-refractivity contribution in [2.45, 2.75) is 19.3 Å². The molecule has 4 nitrogen and oxygen atoms in total. The zero-order chi connectivity index (χ0) is 11.1. The minimum absolute atomic E-state index is 0.0433. The van der Waals surface area contributed by atoms with Gasteiger partial charge in [0.2, 0.25) is 0 Å². The molecule has 0 aromatic carbocycles. The van der Waals surface area contributed by atoms with Crippen LogP contribution >= 0.6 is 15.9 Å². The largest absolute Gasteiger partial charge is 0.272 e. The molecular formula is C11H10BrN3O. The van der Waals surface area contributed by atoms with Crippen LogP contribution in [0.25, 0.3) is 0 Å². The minimum Gasteiger partial charge on any atom is -0.272 e. The topological polar surface area (TPSA) is 45.6 Å². The number of hydrogen-bond acceptors (Lipinski definition) is 3. The third-order valence-corrected chi connectivity index (χ3v) is 3.21. The summed E-state index contributed by atoms with van der Waals surface area (Å²) in [6.07, 6.45) is 6.17. The Balaban J connectivity index is 1.91. The van der Waals surface area contributed by atoms with Gasteiger partial charge in [-0.1, -0.05) is 0 Å². The molecule has 0 N–H and O–H groups in total. The van der Waals surface area contributed by atoms with E-state index in [4.69, 9.17) is 0 Å². The van der Waals surface area contributed by atoms with E-state index in [-0.39, 0.29) is 5.91 Å². The number of anilines is 1. The SMILES string of the molecule is O=C1CC(C2CC2)=NN1c1cncc(Br)c1. The van der Waals surface area contributed by atoms with Gasteiger partial charge in [0, 0.05) is 10.7 Å². The highest BCUT2D eigenvalue weighted by Gasteiger charge is 2.35. The summed E-state index contributed by atoms with van der Waals surface area (Å²) in [5.74, 6) is 0.593. The van der Waals surface area contributed by atoms with Gasteiger partial charge >= 0.3 is 0 Å². The fraction of sp³-hybridized carbons (Fsp3) is 0.364. The van der Waals surface area contributed by atoms with E-state index in [9.17, 15) is 4.79 Å². The molecule has 1 aliphatic heterocycles. The molecule has 1 amide bonds. The maximum Gasteiger partial charge on any atom is 0.253 e. The summed E-state index contributed by atoms with van der Waals surface area (Å²) in [4.78, 5) is 15.8. The Hall–Kier alpha value is -1.23. The number of carbonyl (C=O) groups is 1. The van der Waals surface area contributed by atoms with Crippen LogP contribution in [0.15, 0.2) is 28.0 Å². The molecule has 1 fully saturated rings. The number of nitrogens with zero attached hydrogens (tertiary/aromatic N) is 3. The summed E-state index contributed by atoms with van der Waals surface area (Å²) in [5.41, 5.74) is 1.76. The Bertz CT molecular complexity index is 482. The molecule has 0 radical (unpaired) electrons. The number of halogens is 1. The van der Waals surface area contributed by atoms with Crippen LogP contribution in [0.4, 0.5) is 5.69 Å². The molecule has 82 valence electrons. The first-order valence-corrected chi connectivity index (χ1v) is 6.04. The van der Waals surface area contributed by atoms with Gasteiger partial charge in [0.25, 0.3) is 5.91 Å². The lowest BCUT2D eigenvalue weighted by Crippen LogP contribution is -2.19. The number of hydrazone groups is 1. The van der Waals surface area contributed by atoms with Gasteiger partial charge in [0.15, 0.2) is 0 Å². The van der Waals surface area contributed by atoms with Crippen molar-refractivity contribution in [1.82, 2.24) is 4.98 Å². The highest BCUT2D eigenvalue weighted by atomic mass is 79.9. The van der Waals surface area contributed by atoms with Crippen molar-refractivity contribution in [2.75, 3.05) is 5.01 Å². The molecule has 1 aliphatic carbocycles. The van der Waals surface area contributed by atoms with Crippen LogP contribution < -0.4 is 5.01 Å². The summed E-state index contributed by atoms with van der Waals surface area (Å²) in [7, 11) is 0. The molecule has 2 heterocycles. The van der Waals surface area contributed by atoms with E-state index in [0.717, 1.165) is 15.9 Å². The third-order valence-electron chi connectivity index (χ3n) is 2.78. The fourth-order valence-corrected chi connectivity index (χ4v) is 2.16. The van der Waals surface area contributed by atoms with Crippen molar-refractivity contribution in [3.63, 3.8) is 0 Å². The van der Waals surface area contributed by atoms with E-state index >= 15 is 0 Å². The number of rotatable bonds is 2. The first-order valence-electron chi connectivity index (χ1n) is 5.25. The second-order valence-corrected chi connectivity index (χ2v) is 5.02. The molecule has 1 aromatic heterocycles. The lowest BCUT2D eigenvalue weighted by atomic mass is 10.2. The number of aromatic nitrogens is 1. The van der Waals surface area contributed by atoms with Gasteiger partial charge in [0.1, 0.15) is 0 Å². The highest BCUT2D eigenvalue weighted by Crippen LogP contribution is 2.35. The molecule has 0 spiro atoms. The van der Waals surface area contributed by atoms with Crippen LogP contribution in [0.3, 0.4) is 0 Å². The molecule has 0 saturated heterocycles. The first-order chi connectivity index (χ1) is 7.74. The van der Waals surface area contributed by atoms with Gasteiger partial charge < -0.3 is 0 Å². The molecule has 0 bridgehead atoms. The van der Waals surface area contributed by atoms with E-state index in [0.29, 0.717) is 12.3 Å². The van der Waals surface area contributed by atoms with Crippen molar-refractivity contribution >= 4 is 33.2 Å². The zero-order valence-corrected chi connectivity index (χ0v) is 10.1. The monoisotopic (exact) mass is 279 g/mol. The molecule has 16 heavy (non-hydrogen) atoms. The molecule has 0 atom stereocenters. The predicted octanol–water partition coefficient (Wildman–Crippen LogP) is 2.35. The van der Waals surface area contributed by atoms with Crippen molar-refractivity contribution in [3.8, 4) is 0 Å². The van der Waals surface area contributed by atoms with E-state index in [1.807, 2.05) is 6.07 Å². The van der Waals surface area contributed by atoms with Crippen molar-refractivity contribution in [3.05, 3.63) is 22.9 Å². The average molecular weight is 280 g/mol. The standard InChI is InChI=1S/C11H10BrN3O/c12-8-3-9(6-13-5-8)15-11(16)4-10(14-15)7-1-2-7/h3,5-7H,1-2,4H2. The zero-order valence-electron chi connectivity index (χ0n) is 8.56. The van der Waals surface area contributed by atoms with Crippen LogP contribution in [-0.4, -0.2) is 16.6 Å². The predicted molar refractivity (Wildman–Crippen MR) is 64.2 cm³/mol. The summed E-state index contributed by atoms with van der Waals surface area (Å²) in [6, 6.07) is 1.85. The summed E-state index contributed by atoms with van der Waals surface area (Å²) in [5, 5.41) is 5.85. The van der Waals surface area contributed by atoms with Crippen LogP contribution in [0, 0.1) is 5.92 Å². The van der Waals surface area contributed by atoms with E-state index in [2.05, 4.69) is 26.0 Å². The molecule has 0 unspecified atom stereocenters. The van der Waals surface area contributed by atoms with Gasteiger partial charge in [-0.05, 0) is 40.8 Å². The fourth-order valence-electron chi connectivity index (χ4n) is 1.81. The van der Waals surface area contributed by atoms with Crippen LogP contribution in [0.5, 0.6) is 0 Å². The molecule has 1 aromatic rings. The van der Waals surface area contributed by atoms with Crippen LogP contribution in [0.2, 0.25) is 0 Å². The summed E-state index contributed by atoms with van der Waals surface area (Å²) in [6.45, 7) is 0. The molecule has 5 heteroatoms. The smallest absolute Gasteiger partial charge is 0.253 e. The number of hydrogen-bond donors (Lipinski definition) is 0. The number of amides is 1. The average Bonchev–Trinajstić information content (AvgIpc) is 3.02. The highest BCUT2D eigenvalue weighted by molar-refractivity contribution is 9.10. The third kappa shape index (κ3) is 1.75. The van der Waals surface area contributed by atoms with Gasteiger partial charge in [-0.3, -0.25) is 9.78 Å². The van der Waals surface area contributed by atoms with Crippen LogP contribution in [-0.2, 0) is 4.79 Å². The second-order valence-electron chi connectivity index (χ2n) is 4.11. The Morgan fingerprint density at radius 2 is 2.19 bits per heavy atom. The first kappa shape index (κ1) is 9.96. The Labute approximate surface area is 101 Å². The molecule has 2 aliphatic rings. The molecule has 1 saturated carbocycles. The van der Waals surface area contributed by atoms with Crippen LogP contribution in [0.1, 0.15) is 19.3 Å². The van der Waals surface area contributed by atoms with Gasteiger partial charge in [-0.2, -0.15) is 10.1 Å². The normalized spacial score (nSPS) is 20.2.